The average molecular weight is 196 g/mol. The van der Waals surface area contributed by atoms with Crippen molar-refractivity contribution in [2.75, 3.05) is 0 Å². The second kappa shape index (κ2) is 3.00. The molecule has 0 radical (unpaired) electrons. The lowest BCUT2D eigenvalue weighted by atomic mass is 10.4. The zero-order chi connectivity index (χ0) is 9.42. The van der Waals surface area contributed by atoms with E-state index in [4.69, 9.17) is 11.6 Å². The van der Waals surface area contributed by atoms with E-state index in [9.17, 15) is 0 Å². The molecule has 0 aromatic carbocycles. The van der Waals surface area contributed by atoms with Crippen LogP contribution in [0.5, 0.6) is 0 Å². The van der Waals surface area contributed by atoms with E-state index in [1.54, 1.807) is 6.20 Å². The molecule has 0 atom stereocenters. The van der Waals surface area contributed by atoms with Gasteiger partial charge in [0, 0.05) is 18.9 Å². The summed E-state index contributed by atoms with van der Waals surface area (Å²) in [6, 6.07) is 0. The van der Waals surface area contributed by atoms with Crippen LogP contribution in [0.2, 0.25) is 5.02 Å². The van der Waals surface area contributed by atoms with Crippen LogP contribution in [0.1, 0.15) is 12.7 Å². The van der Waals surface area contributed by atoms with Crippen LogP contribution < -0.4 is 0 Å². The minimum absolute atomic E-state index is 0.719. The van der Waals surface area contributed by atoms with Crippen molar-refractivity contribution in [1.29, 1.82) is 0 Å². The Balaban J connectivity index is 2.81. The van der Waals surface area contributed by atoms with Gasteiger partial charge in [-0.15, -0.1) is 0 Å². The van der Waals surface area contributed by atoms with E-state index >= 15 is 0 Å². The highest BCUT2D eigenvalue weighted by Gasteiger charge is 2.07. The molecule has 0 spiro atoms. The molecule has 0 aliphatic carbocycles. The summed E-state index contributed by atoms with van der Waals surface area (Å²) in [6.07, 6.45) is 3.66. The fraction of sp³-hybridized carbons (Fsp3) is 0.333. The lowest BCUT2D eigenvalue weighted by Crippen LogP contribution is -1.95. The van der Waals surface area contributed by atoms with Gasteiger partial charge in [0.15, 0.2) is 0 Å². The normalized spacial score (nSPS) is 11.0. The van der Waals surface area contributed by atoms with Crippen molar-refractivity contribution in [2.45, 2.75) is 20.4 Å². The van der Waals surface area contributed by atoms with Crippen LogP contribution in [0.15, 0.2) is 12.4 Å². The quantitative estimate of drug-likeness (QED) is 0.700. The molecule has 0 saturated heterocycles. The summed E-state index contributed by atoms with van der Waals surface area (Å²) in [5.41, 5.74) is 0.917. The maximum atomic E-state index is 6.01. The zero-order valence-electron chi connectivity index (χ0n) is 7.58. The Morgan fingerprint density at radius 3 is 3.00 bits per heavy atom. The van der Waals surface area contributed by atoms with Gasteiger partial charge in [0.25, 0.3) is 0 Å². The van der Waals surface area contributed by atoms with Gasteiger partial charge >= 0.3 is 0 Å². The summed E-state index contributed by atoms with van der Waals surface area (Å²) < 4.78 is 2.02. The number of aromatic nitrogens is 3. The van der Waals surface area contributed by atoms with Crippen LogP contribution in [-0.2, 0) is 6.54 Å². The first-order chi connectivity index (χ1) is 6.22. The maximum Gasteiger partial charge on any atom is 0.145 e. The number of halogens is 1. The smallest absolute Gasteiger partial charge is 0.145 e. The fourth-order valence-electron chi connectivity index (χ4n) is 1.35. The molecule has 0 aliphatic rings. The molecule has 0 bridgehead atoms. The minimum Gasteiger partial charge on any atom is -0.331 e. The van der Waals surface area contributed by atoms with Crippen molar-refractivity contribution in [2.24, 2.45) is 0 Å². The Morgan fingerprint density at radius 2 is 2.31 bits per heavy atom. The Kier molecular flexibility index (Phi) is 1.96. The van der Waals surface area contributed by atoms with Gasteiger partial charge in [0.05, 0.1) is 10.4 Å². The van der Waals surface area contributed by atoms with Crippen molar-refractivity contribution in [1.82, 2.24) is 14.5 Å². The molecule has 0 amide bonds. The highest BCUT2D eigenvalue weighted by molar-refractivity contribution is 6.35. The van der Waals surface area contributed by atoms with Gasteiger partial charge in [-0.1, -0.05) is 11.6 Å². The van der Waals surface area contributed by atoms with E-state index in [1.807, 2.05) is 17.7 Å². The number of fused-ring (bicyclic) bond motifs is 1. The minimum atomic E-state index is 0.719. The molecule has 0 N–H and O–H groups in total. The number of hydrogen-bond donors (Lipinski definition) is 0. The summed E-state index contributed by atoms with van der Waals surface area (Å²) in [4.78, 5) is 8.44. The highest BCUT2D eigenvalue weighted by Crippen LogP contribution is 2.23. The maximum absolute atomic E-state index is 6.01. The van der Waals surface area contributed by atoms with Gasteiger partial charge in [-0.05, 0) is 13.8 Å². The van der Waals surface area contributed by atoms with E-state index < -0.39 is 0 Å². The standard InChI is InChI=1S/C9H10ClN3/c1-3-13-5-8(10)7-4-11-6(2)12-9(7)13/h4-5H,3H2,1-2H3. The Morgan fingerprint density at radius 1 is 1.54 bits per heavy atom. The Hall–Kier alpha value is -1.09. The summed E-state index contributed by atoms with van der Waals surface area (Å²) in [5, 5.41) is 1.64. The van der Waals surface area contributed by atoms with Crippen molar-refractivity contribution >= 4 is 22.6 Å². The number of aryl methyl sites for hydroxylation is 2. The number of hydrogen-bond acceptors (Lipinski definition) is 2. The Labute approximate surface area is 81.4 Å². The molecule has 0 aliphatic heterocycles. The largest absolute Gasteiger partial charge is 0.331 e. The van der Waals surface area contributed by atoms with Crippen molar-refractivity contribution in [3.63, 3.8) is 0 Å². The predicted molar refractivity (Wildman–Crippen MR) is 52.9 cm³/mol. The molecular weight excluding hydrogens is 186 g/mol. The van der Waals surface area contributed by atoms with Crippen molar-refractivity contribution in [3.8, 4) is 0 Å². The van der Waals surface area contributed by atoms with Gasteiger partial charge in [-0.2, -0.15) is 0 Å². The monoisotopic (exact) mass is 195 g/mol. The van der Waals surface area contributed by atoms with Crippen LogP contribution >= 0.6 is 11.6 Å². The van der Waals surface area contributed by atoms with Crippen LogP contribution in [-0.4, -0.2) is 14.5 Å². The summed E-state index contributed by atoms with van der Waals surface area (Å²) in [7, 11) is 0. The third-order valence-corrected chi connectivity index (χ3v) is 2.33. The van der Waals surface area contributed by atoms with Crippen LogP contribution in [0.3, 0.4) is 0 Å². The van der Waals surface area contributed by atoms with Gasteiger partial charge in [0.1, 0.15) is 11.5 Å². The Bertz CT molecular complexity index is 447. The lowest BCUT2D eigenvalue weighted by Gasteiger charge is -1.98. The molecule has 2 aromatic rings. The molecule has 3 nitrogen and oxygen atoms in total. The third kappa shape index (κ3) is 1.29. The topological polar surface area (TPSA) is 30.7 Å². The van der Waals surface area contributed by atoms with E-state index in [0.29, 0.717) is 0 Å². The highest BCUT2D eigenvalue weighted by atomic mass is 35.5. The fourth-order valence-corrected chi connectivity index (χ4v) is 1.61. The molecule has 0 saturated carbocycles. The SMILES string of the molecule is CCn1cc(Cl)c2cnc(C)nc21. The van der Waals surface area contributed by atoms with Crippen molar-refractivity contribution in [3.05, 3.63) is 23.2 Å². The van der Waals surface area contributed by atoms with E-state index in [-0.39, 0.29) is 0 Å². The number of nitrogens with zero attached hydrogens (tertiary/aromatic N) is 3. The molecule has 2 rings (SSSR count). The van der Waals surface area contributed by atoms with Crippen LogP contribution in [0, 0.1) is 6.92 Å². The van der Waals surface area contributed by atoms with Gasteiger partial charge in [-0.3, -0.25) is 0 Å². The van der Waals surface area contributed by atoms with E-state index in [2.05, 4.69) is 16.9 Å². The van der Waals surface area contributed by atoms with Gasteiger partial charge in [0.2, 0.25) is 0 Å². The molecule has 13 heavy (non-hydrogen) atoms. The zero-order valence-corrected chi connectivity index (χ0v) is 8.34. The first kappa shape index (κ1) is 8.51. The first-order valence-corrected chi connectivity index (χ1v) is 4.58. The van der Waals surface area contributed by atoms with E-state index in [0.717, 1.165) is 28.4 Å². The van der Waals surface area contributed by atoms with Gasteiger partial charge < -0.3 is 4.57 Å². The molecule has 0 unspecified atom stereocenters. The van der Waals surface area contributed by atoms with Crippen molar-refractivity contribution < 1.29 is 0 Å². The molecule has 4 heteroatoms. The molecule has 2 heterocycles. The molecule has 0 fully saturated rings. The second-order valence-corrected chi connectivity index (χ2v) is 3.32. The molecule has 68 valence electrons. The second-order valence-electron chi connectivity index (χ2n) is 2.92. The predicted octanol–water partition coefficient (Wildman–Crippen LogP) is 2.41. The third-order valence-electron chi connectivity index (χ3n) is 2.03. The van der Waals surface area contributed by atoms with Gasteiger partial charge in [-0.25, -0.2) is 9.97 Å². The molecule has 2 aromatic heterocycles. The van der Waals surface area contributed by atoms with E-state index in [1.165, 1.54) is 0 Å². The lowest BCUT2D eigenvalue weighted by molar-refractivity contribution is 0.784. The van der Waals surface area contributed by atoms with Crippen LogP contribution in [0.25, 0.3) is 11.0 Å². The average Bonchev–Trinajstić information content (AvgIpc) is 2.42. The first-order valence-electron chi connectivity index (χ1n) is 4.20. The molecular formula is C9H10ClN3. The van der Waals surface area contributed by atoms with Crippen LogP contribution in [0.4, 0.5) is 0 Å². The summed E-state index contributed by atoms with van der Waals surface area (Å²) in [6.45, 7) is 4.81. The summed E-state index contributed by atoms with van der Waals surface area (Å²) >= 11 is 6.01. The summed E-state index contributed by atoms with van der Waals surface area (Å²) in [5.74, 6) is 0.775. The number of rotatable bonds is 1.